The third-order valence-electron chi connectivity index (χ3n) is 3.32. The zero-order valence-corrected chi connectivity index (χ0v) is 12.6. The van der Waals surface area contributed by atoms with E-state index in [4.69, 9.17) is 0 Å². The van der Waals surface area contributed by atoms with Gasteiger partial charge in [0.15, 0.2) is 5.60 Å². The number of rotatable bonds is 5. The van der Waals surface area contributed by atoms with Crippen molar-refractivity contribution >= 4 is 10.1 Å². The number of alkyl halides is 3. The topological polar surface area (TPSA) is 63.6 Å². The van der Waals surface area contributed by atoms with Crippen LogP contribution in [0.5, 0.6) is 0 Å². The molecule has 0 radical (unpaired) electrons. The van der Waals surface area contributed by atoms with Crippen LogP contribution in [0, 0.1) is 12.8 Å². The summed E-state index contributed by atoms with van der Waals surface area (Å²) in [6, 6.07) is 5.70. The molecular formula is C13H17F3O4S. The summed E-state index contributed by atoms with van der Waals surface area (Å²) in [4.78, 5) is -0.146. The average molecular weight is 326 g/mol. The molecule has 0 aliphatic rings. The molecule has 1 aromatic rings. The molecule has 0 amide bonds. The van der Waals surface area contributed by atoms with Crippen LogP contribution in [0.3, 0.4) is 0 Å². The average Bonchev–Trinajstić information content (AvgIpc) is 2.35. The summed E-state index contributed by atoms with van der Waals surface area (Å²) < 4.78 is 66.1. The lowest BCUT2D eigenvalue weighted by Gasteiger charge is -2.31. The number of aryl methyl sites for hydroxylation is 1. The highest BCUT2D eigenvalue weighted by atomic mass is 32.2. The molecule has 0 unspecified atom stereocenters. The molecule has 2 atom stereocenters. The summed E-state index contributed by atoms with van der Waals surface area (Å²) in [5.74, 6) is -1.45. The van der Waals surface area contributed by atoms with Gasteiger partial charge in [0.25, 0.3) is 10.1 Å². The fourth-order valence-corrected chi connectivity index (χ4v) is 2.40. The highest BCUT2D eigenvalue weighted by Crippen LogP contribution is 2.36. The van der Waals surface area contributed by atoms with Gasteiger partial charge in [-0.25, -0.2) is 0 Å². The van der Waals surface area contributed by atoms with Gasteiger partial charge in [0.1, 0.15) is 0 Å². The van der Waals surface area contributed by atoms with Crippen molar-refractivity contribution in [2.75, 3.05) is 6.61 Å². The van der Waals surface area contributed by atoms with Crippen molar-refractivity contribution in [1.29, 1.82) is 0 Å². The molecule has 0 aliphatic heterocycles. The molecule has 21 heavy (non-hydrogen) atoms. The number of benzene rings is 1. The lowest BCUT2D eigenvalue weighted by atomic mass is 9.91. The van der Waals surface area contributed by atoms with Gasteiger partial charge in [-0.05, 0) is 26.0 Å². The molecule has 8 heteroatoms. The second kappa shape index (κ2) is 5.94. The van der Waals surface area contributed by atoms with E-state index in [0.717, 1.165) is 12.5 Å². The van der Waals surface area contributed by atoms with Gasteiger partial charge in [-0.3, -0.25) is 4.18 Å². The Morgan fingerprint density at radius 1 is 1.24 bits per heavy atom. The number of hydrogen-bond donors (Lipinski definition) is 1. The quantitative estimate of drug-likeness (QED) is 0.845. The van der Waals surface area contributed by atoms with Crippen LogP contribution in [-0.4, -0.2) is 31.9 Å². The Morgan fingerprint density at radius 3 is 2.14 bits per heavy atom. The van der Waals surface area contributed by atoms with Crippen LogP contribution in [0.15, 0.2) is 29.2 Å². The zero-order chi connectivity index (χ0) is 16.5. The van der Waals surface area contributed by atoms with E-state index in [1.165, 1.54) is 12.1 Å². The predicted molar refractivity (Wildman–Crippen MR) is 70.2 cm³/mol. The summed E-state index contributed by atoms with van der Waals surface area (Å²) in [7, 11) is -4.16. The second-order valence-electron chi connectivity index (χ2n) is 5.10. The smallest absolute Gasteiger partial charge is 0.380 e. The lowest BCUT2D eigenvalue weighted by Crippen LogP contribution is -2.49. The molecule has 4 nitrogen and oxygen atoms in total. The summed E-state index contributed by atoms with van der Waals surface area (Å²) >= 11 is 0. The molecule has 0 heterocycles. The van der Waals surface area contributed by atoms with Crippen molar-refractivity contribution in [2.45, 2.75) is 37.4 Å². The monoisotopic (exact) mass is 326 g/mol. The Kier molecular flexibility index (Phi) is 5.07. The molecule has 0 spiro atoms. The van der Waals surface area contributed by atoms with E-state index < -0.39 is 34.4 Å². The molecule has 0 aliphatic carbocycles. The Labute approximate surface area is 121 Å². The van der Waals surface area contributed by atoms with Crippen molar-refractivity contribution < 1.29 is 30.9 Å². The second-order valence-corrected chi connectivity index (χ2v) is 6.71. The first-order chi connectivity index (χ1) is 9.38. The summed E-state index contributed by atoms with van der Waals surface area (Å²) in [5.41, 5.74) is -2.20. The van der Waals surface area contributed by atoms with Gasteiger partial charge < -0.3 is 5.11 Å². The van der Waals surface area contributed by atoms with E-state index in [-0.39, 0.29) is 4.90 Å². The molecule has 0 saturated carbocycles. The van der Waals surface area contributed by atoms with Crippen LogP contribution in [-0.2, 0) is 14.3 Å². The van der Waals surface area contributed by atoms with Gasteiger partial charge >= 0.3 is 6.18 Å². The number of aliphatic hydroxyl groups is 1. The van der Waals surface area contributed by atoms with Gasteiger partial charge in [-0.1, -0.05) is 24.6 Å². The third kappa shape index (κ3) is 4.18. The van der Waals surface area contributed by atoms with Gasteiger partial charge in [0, 0.05) is 5.92 Å². The van der Waals surface area contributed by atoms with Gasteiger partial charge in [-0.2, -0.15) is 21.6 Å². The number of hydrogen-bond acceptors (Lipinski definition) is 4. The van der Waals surface area contributed by atoms with Crippen molar-refractivity contribution in [3.8, 4) is 0 Å². The van der Waals surface area contributed by atoms with Crippen LogP contribution in [0.25, 0.3) is 0 Å². The van der Waals surface area contributed by atoms with Crippen molar-refractivity contribution in [3.63, 3.8) is 0 Å². The normalized spacial score (nSPS) is 17.3. The van der Waals surface area contributed by atoms with Crippen LogP contribution in [0.4, 0.5) is 13.2 Å². The fourth-order valence-electron chi connectivity index (χ4n) is 1.41. The molecule has 1 aromatic carbocycles. The first-order valence-electron chi connectivity index (χ1n) is 6.13. The van der Waals surface area contributed by atoms with E-state index in [1.54, 1.807) is 19.1 Å². The van der Waals surface area contributed by atoms with Crippen molar-refractivity contribution in [3.05, 3.63) is 29.8 Å². The molecular weight excluding hydrogens is 309 g/mol. The van der Waals surface area contributed by atoms with E-state index in [0.29, 0.717) is 6.92 Å². The highest BCUT2D eigenvalue weighted by molar-refractivity contribution is 7.86. The van der Waals surface area contributed by atoms with Crippen LogP contribution < -0.4 is 0 Å². The SMILES string of the molecule is Cc1ccc(S(=O)(=O)OC[C@H](C)[C@@](C)(O)C(F)(F)F)cc1. The Bertz CT molecular complexity index is 576. The molecule has 0 fully saturated rings. The summed E-state index contributed by atoms with van der Waals surface area (Å²) in [6.07, 6.45) is -4.87. The highest BCUT2D eigenvalue weighted by Gasteiger charge is 2.53. The van der Waals surface area contributed by atoms with Gasteiger partial charge in [0.05, 0.1) is 11.5 Å². The third-order valence-corrected chi connectivity index (χ3v) is 4.61. The first kappa shape index (κ1) is 17.9. The van der Waals surface area contributed by atoms with E-state index >= 15 is 0 Å². The van der Waals surface area contributed by atoms with Crippen molar-refractivity contribution in [2.24, 2.45) is 5.92 Å². The van der Waals surface area contributed by atoms with Gasteiger partial charge in [-0.15, -0.1) is 0 Å². The van der Waals surface area contributed by atoms with Crippen LogP contribution >= 0.6 is 0 Å². The maximum Gasteiger partial charge on any atom is 0.417 e. The minimum Gasteiger partial charge on any atom is -0.380 e. The maximum atomic E-state index is 12.6. The Morgan fingerprint density at radius 2 is 1.71 bits per heavy atom. The molecule has 0 saturated heterocycles. The Balaban J connectivity index is 2.81. The maximum absolute atomic E-state index is 12.6. The number of halogens is 3. The predicted octanol–water partition coefficient (Wildman–Crippen LogP) is 2.65. The van der Waals surface area contributed by atoms with E-state index in [9.17, 15) is 26.7 Å². The van der Waals surface area contributed by atoms with Gasteiger partial charge in [0.2, 0.25) is 0 Å². The largest absolute Gasteiger partial charge is 0.417 e. The van der Waals surface area contributed by atoms with E-state index in [1.807, 2.05) is 0 Å². The molecule has 120 valence electrons. The van der Waals surface area contributed by atoms with Crippen LogP contribution in [0.2, 0.25) is 0 Å². The molecule has 1 N–H and O–H groups in total. The Hall–Kier alpha value is -1.12. The molecule has 0 bridgehead atoms. The molecule has 0 aromatic heterocycles. The lowest BCUT2D eigenvalue weighted by molar-refractivity contribution is -0.272. The van der Waals surface area contributed by atoms with Crippen LogP contribution in [0.1, 0.15) is 19.4 Å². The summed E-state index contributed by atoms with van der Waals surface area (Å²) in [6.45, 7) is 2.64. The molecule has 1 rings (SSSR count). The standard InChI is InChI=1S/C13H17F3O4S/c1-9-4-6-11(7-5-9)21(18,19)20-8-10(2)12(3,17)13(14,15)16/h4-7,10,17H,8H2,1-3H3/t10-,12+/m0/s1. The first-order valence-corrected chi connectivity index (χ1v) is 7.54. The van der Waals surface area contributed by atoms with Crippen molar-refractivity contribution in [1.82, 2.24) is 0 Å². The minimum atomic E-state index is -4.87. The summed E-state index contributed by atoms with van der Waals surface area (Å²) in [5, 5.41) is 9.42. The zero-order valence-electron chi connectivity index (χ0n) is 11.8. The fraction of sp³-hybridized carbons (Fsp3) is 0.538. The minimum absolute atomic E-state index is 0.146. The van der Waals surface area contributed by atoms with E-state index in [2.05, 4.69) is 4.18 Å².